The van der Waals surface area contributed by atoms with Crippen LogP contribution in [0.5, 0.6) is 0 Å². The van der Waals surface area contributed by atoms with Gasteiger partial charge < -0.3 is 4.74 Å². The number of ketones is 1. The van der Waals surface area contributed by atoms with Gasteiger partial charge in [0.05, 0.1) is 6.10 Å². The Balaban J connectivity index is 1.70. The zero-order valence-electron chi connectivity index (χ0n) is 9.32. The quantitative estimate of drug-likeness (QED) is 0.574. The van der Waals surface area contributed by atoms with Crippen molar-refractivity contribution in [1.29, 1.82) is 0 Å². The standard InChI is InChI=1S/C14H16O2/c15-12(11-6-2-1-3-7-11)10-14-9-5-4-8-13(14)16-14/h1-3,6-7,13H,4-5,8-10H2. The summed E-state index contributed by atoms with van der Waals surface area (Å²) in [6.45, 7) is 0. The van der Waals surface area contributed by atoms with Crippen LogP contribution in [0.3, 0.4) is 0 Å². The Morgan fingerprint density at radius 3 is 2.88 bits per heavy atom. The highest BCUT2D eigenvalue weighted by atomic mass is 16.6. The number of fused-ring (bicyclic) bond motifs is 1. The predicted octanol–water partition coefficient (Wildman–Crippen LogP) is 2.97. The summed E-state index contributed by atoms with van der Waals surface area (Å²) in [5.74, 6) is 0.227. The van der Waals surface area contributed by atoms with Crippen LogP contribution in [0.4, 0.5) is 0 Å². The molecule has 2 nitrogen and oxygen atoms in total. The molecule has 2 heteroatoms. The molecule has 16 heavy (non-hydrogen) atoms. The van der Waals surface area contributed by atoms with Crippen LogP contribution in [0.15, 0.2) is 30.3 Å². The second-order valence-electron chi connectivity index (χ2n) is 4.88. The summed E-state index contributed by atoms with van der Waals surface area (Å²) in [4.78, 5) is 12.1. The third-order valence-electron chi connectivity index (χ3n) is 3.78. The van der Waals surface area contributed by atoms with Crippen LogP contribution in [0.25, 0.3) is 0 Å². The summed E-state index contributed by atoms with van der Waals surface area (Å²) in [7, 11) is 0. The highest BCUT2D eigenvalue weighted by molar-refractivity contribution is 5.96. The number of ether oxygens (including phenoxy) is 1. The maximum absolute atomic E-state index is 12.1. The third kappa shape index (κ3) is 1.67. The van der Waals surface area contributed by atoms with E-state index in [0.29, 0.717) is 12.5 Å². The molecule has 3 rings (SSSR count). The molecular weight excluding hydrogens is 200 g/mol. The predicted molar refractivity (Wildman–Crippen MR) is 61.5 cm³/mol. The average molecular weight is 216 g/mol. The molecule has 84 valence electrons. The molecule has 0 radical (unpaired) electrons. The molecule has 2 aliphatic rings. The average Bonchev–Trinajstić information content (AvgIpc) is 3.04. The fourth-order valence-electron chi connectivity index (χ4n) is 2.79. The lowest BCUT2D eigenvalue weighted by Gasteiger charge is -2.16. The first-order valence-electron chi connectivity index (χ1n) is 6.06. The van der Waals surface area contributed by atoms with E-state index < -0.39 is 0 Å². The van der Waals surface area contributed by atoms with Gasteiger partial charge in [0.25, 0.3) is 0 Å². The van der Waals surface area contributed by atoms with Crippen LogP contribution in [0.1, 0.15) is 42.5 Å². The monoisotopic (exact) mass is 216 g/mol. The van der Waals surface area contributed by atoms with Crippen molar-refractivity contribution in [2.75, 3.05) is 0 Å². The van der Waals surface area contributed by atoms with Crippen LogP contribution in [0.2, 0.25) is 0 Å². The van der Waals surface area contributed by atoms with Gasteiger partial charge in [0.15, 0.2) is 5.78 Å². The lowest BCUT2D eigenvalue weighted by molar-refractivity contribution is 0.0940. The molecule has 0 aromatic heterocycles. The first-order valence-corrected chi connectivity index (χ1v) is 6.06. The van der Waals surface area contributed by atoms with Gasteiger partial charge in [-0.3, -0.25) is 4.79 Å². The Bertz CT molecular complexity index is 398. The molecule has 0 spiro atoms. The number of rotatable bonds is 3. The van der Waals surface area contributed by atoms with Gasteiger partial charge in [-0.1, -0.05) is 43.2 Å². The van der Waals surface area contributed by atoms with E-state index in [9.17, 15) is 4.79 Å². The van der Waals surface area contributed by atoms with Crippen LogP contribution in [-0.4, -0.2) is 17.5 Å². The summed E-state index contributed by atoms with van der Waals surface area (Å²) in [6.07, 6.45) is 5.61. The zero-order chi connectivity index (χ0) is 11.0. The van der Waals surface area contributed by atoms with Crippen molar-refractivity contribution in [3.05, 3.63) is 35.9 Å². The van der Waals surface area contributed by atoms with Gasteiger partial charge in [-0.05, 0) is 12.8 Å². The Hall–Kier alpha value is -1.15. The highest BCUT2D eigenvalue weighted by Gasteiger charge is 2.57. The Morgan fingerprint density at radius 2 is 2.12 bits per heavy atom. The van der Waals surface area contributed by atoms with E-state index in [1.54, 1.807) is 0 Å². The molecule has 2 unspecified atom stereocenters. The smallest absolute Gasteiger partial charge is 0.165 e. The fraction of sp³-hybridized carbons (Fsp3) is 0.500. The minimum absolute atomic E-state index is 0.0782. The topological polar surface area (TPSA) is 29.6 Å². The van der Waals surface area contributed by atoms with Gasteiger partial charge in [0.1, 0.15) is 5.60 Å². The van der Waals surface area contributed by atoms with E-state index in [1.807, 2.05) is 30.3 Å². The van der Waals surface area contributed by atoms with Crippen LogP contribution in [-0.2, 0) is 4.74 Å². The van der Waals surface area contributed by atoms with E-state index in [0.717, 1.165) is 18.4 Å². The molecule has 1 aromatic carbocycles. The summed E-state index contributed by atoms with van der Waals surface area (Å²) in [5, 5.41) is 0. The van der Waals surface area contributed by atoms with Gasteiger partial charge in [-0.25, -0.2) is 0 Å². The van der Waals surface area contributed by atoms with Gasteiger partial charge in [0, 0.05) is 12.0 Å². The molecule has 1 aromatic rings. The minimum atomic E-state index is -0.0782. The molecule has 0 amide bonds. The number of benzene rings is 1. The number of carbonyl (C=O) groups is 1. The summed E-state index contributed by atoms with van der Waals surface area (Å²) < 4.78 is 5.74. The van der Waals surface area contributed by atoms with Crippen molar-refractivity contribution in [3.63, 3.8) is 0 Å². The van der Waals surface area contributed by atoms with Crippen LogP contribution < -0.4 is 0 Å². The Kier molecular flexibility index (Phi) is 2.32. The maximum Gasteiger partial charge on any atom is 0.165 e. The SMILES string of the molecule is O=C(CC12CCCCC1O2)c1ccccc1. The van der Waals surface area contributed by atoms with E-state index in [4.69, 9.17) is 4.74 Å². The largest absolute Gasteiger partial charge is 0.366 e. The summed E-state index contributed by atoms with van der Waals surface area (Å²) in [5.41, 5.74) is 0.738. The van der Waals surface area contributed by atoms with Crippen LogP contribution >= 0.6 is 0 Å². The number of hydrogen-bond acceptors (Lipinski definition) is 2. The molecule has 2 atom stereocenters. The van der Waals surface area contributed by atoms with Crippen molar-refractivity contribution in [1.82, 2.24) is 0 Å². The van der Waals surface area contributed by atoms with Crippen molar-refractivity contribution in [2.45, 2.75) is 43.8 Å². The second kappa shape index (κ2) is 3.70. The number of carbonyl (C=O) groups excluding carboxylic acids is 1. The molecule has 0 N–H and O–H groups in total. The Labute approximate surface area is 95.6 Å². The lowest BCUT2D eigenvalue weighted by atomic mass is 9.84. The van der Waals surface area contributed by atoms with Crippen molar-refractivity contribution in [2.24, 2.45) is 0 Å². The first kappa shape index (κ1) is 10.0. The van der Waals surface area contributed by atoms with Gasteiger partial charge in [-0.15, -0.1) is 0 Å². The number of hydrogen-bond donors (Lipinski definition) is 0. The van der Waals surface area contributed by atoms with E-state index in [-0.39, 0.29) is 11.4 Å². The van der Waals surface area contributed by atoms with Crippen LogP contribution in [0, 0.1) is 0 Å². The van der Waals surface area contributed by atoms with Gasteiger partial charge >= 0.3 is 0 Å². The number of epoxide rings is 1. The zero-order valence-corrected chi connectivity index (χ0v) is 9.32. The van der Waals surface area contributed by atoms with Gasteiger partial charge in [-0.2, -0.15) is 0 Å². The summed E-state index contributed by atoms with van der Waals surface area (Å²) in [6, 6.07) is 9.54. The normalized spacial score (nSPS) is 31.9. The van der Waals surface area contributed by atoms with E-state index in [1.165, 1.54) is 12.8 Å². The maximum atomic E-state index is 12.1. The van der Waals surface area contributed by atoms with Gasteiger partial charge in [0.2, 0.25) is 0 Å². The molecule has 1 saturated heterocycles. The molecule has 1 heterocycles. The molecule has 1 saturated carbocycles. The Morgan fingerprint density at radius 1 is 1.31 bits per heavy atom. The van der Waals surface area contributed by atoms with Crippen molar-refractivity contribution >= 4 is 5.78 Å². The number of Topliss-reactive ketones (excluding diaryl/α,β-unsaturated/α-hetero) is 1. The van der Waals surface area contributed by atoms with E-state index >= 15 is 0 Å². The van der Waals surface area contributed by atoms with Crippen molar-refractivity contribution in [3.8, 4) is 0 Å². The third-order valence-corrected chi connectivity index (χ3v) is 3.78. The molecule has 1 aliphatic heterocycles. The lowest BCUT2D eigenvalue weighted by Crippen LogP contribution is -2.23. The highest BCUT2D eigenvalue weighted by Crippen LogP contribution is 2.50. The molecular formula is C14H16O2. The summed E-state index contributed by atoms with van der Waals surface area (Å²) >= 11 is 0. The fourth-order valence-corrected chi connectivity index (χ4v) is 2.79. The minimum Gasteiger partial charge on any atom is -0.366 e. The first-order chi connectivity index (χ1) is 7.80. The van der Waals surface area contributed by atoms with Crippen molar-refractivity contribution < 1.29 is 9.53 Å². The molecule has 2 fully saturated rings. The molecule has 1 aliphatic carbocycles. The van der Waals surface area contributed by atoms with E-state index in [2.05, 4.69) is 0 Å². The molecule has 0 bridgehead atoms. The second-order valence-corrected chi connectivity index (χ2v) is 4.88.